The zero-order chi connectivity index (χ0) is 13.9. The fourth-order valence-corrected chi connectivity index (χ4v) is 3.42. The molecule has 0 aliphatic heterocycles. The smallest absolute Gasteiger partial charge is 0.119 e. The minimum Gasteiger partial charge on any atom is -0.391 e. The Hall–Kier alpha value is -1.27. The van der Waals surface area contributed by atoms with Crippen LogP contribution in [0.3, 0.4) is 0 Å². The maximum Gasteiger partial charge on any atom is 0.119 e. The lowest BCUT2D eigenvalue weighted by atomic mass is 10.1. The molecule has 1 heterocycles. The van der Waals surface area contributed by atoms with E-state index >= 15 is 0 Å². The van der Waals surface area contributed by atoms with Gasteiger partial charge >= 0.3 is 0 Å². The number of aliphatic hydroxyl groups excluding tert-OH is 1. The van der Waals surface area contributed by atoms with Gasteiger partial charge in [-0.3, -0.25) is 0 Å². The number of aromatic nitrogens is 1. The lowest BCUT2D eigenvalue weighted by Crippen LogP contribution is -2.28. The molecule has 0 spiro atoms. The highest BCUT2D eigenvalue weighted by Gasteiger charge is 2.30. The number of thiazole rings is 1. The van der Waals surface area contributed by atoms with E-state index in [1.165, 1.54) is 11.1 Å². The summed E-state index contributed by atoms with van der Waals surface area (Å²) in [6.07, 6.45) is 0.365. The molecule has 0 fully saturated rings. The summed E-state index contributed by atoms with van der Waals surface area (Å²) < 4.78 is 5.07. The summed E-state index contributed by atoms with van der Waals surface area (Å²) in [6.45, 7) is 1.22. The molecule has 20 heavy (non-hydrogen) atoms. The number of aliphatic hydroxyl groups is 1. The average Bonchev–Trinajstić information content (AvgIpc) is 3.01. The van der Waals surface area contributed by atoms with Crippen LogP contribution in [0.5, 0.6) is 0 Å². The maximum atomic E-state index is 10.2. The standard InChI is InChI=1S/C15H18N2O2S/c1-19-8-14-17-11(9-20-14)7-16-15-12-5-3-2-4-10(12)6-13(15)18/h2-5,9,13,15-16,18H,6-8H2,1H3/t13-,15+/m0/s1. The minimum absolute atomic E-state index is 0.00113. The molecule has 1 aromatic heterocycles. The second kappa shape index (κ2) is 6.01. The molecule has 1 aliphatic rings. The van der Waals surface area contributed by atoms with Crippen molar-refractivity contribution in [3.05, 3.63) is 51.5 Å². The Bertz CT molecular complexity index is 585. The van der Waals surface area contributed by atoms with E-state index in [2.05, 4.69) is 22.4 Å². The molecule has 2 aromatic rings. The van der Waals surface area contributed by atoms with E-state index in [1.54, 1.807) is 18.4 Å². The molecule has 1 aliphatic carbocycles. The first-order valence-corrected chi connectivity index (χ1v) is 7.57. The molecule has 0 saturated carbocycles. The fourth-order valence-electron chi connectivity index (χ4n) is 2.65. The van der Waals surface area contributed by atoms with Crippen LogP contribution in [0.15, 0.2) is 29.6 Å². The molecule has 2 atom stereocenters. The summed E-state index contributed by atoms with van der Waals surface area (Å²) in [4.78, 5) is 4.49. The summed E-state index contributed by atoms with van der Waals surface area (Å²) in [5, 5.41) is 16.6. The van der Waals surface area contributed by atoms with Crippen molar-refractivity contribution in [2.24, 2.45) is 0 Å². The SMILES string of the molecule is COCc1nc(CN[C@@H]2c3ccccc3C[C@@H]2O)cs1. The summed E-state index contributed by atoms with van der Waals surface area (Å²) in [5.74, 6) is 0. The van der Waals surface area contributed by atoms with E-state index in [0.29, 0.717) is 13.2 Å². The number of nitrogens with one attached hydrogen (secondary N) is 1. The Balaban J connectivity index is 1.66. The summed E-state index contributed by atoms with van der Waals surface area (Å²) in [6, 6.07) is 8.20. The zero-order valence-corrected chi connectivity index (χ0v) is 12.2. The van der Waals surface area contributed by atoms with Gasteiger partial charge in [0.25, 0.3) is 0 Å². The largest absolute Gasteiger partial charge is 0.391 e. The molecule has 5 heteroatoms. The third kappa shape index (κ3) is 2.76. The quantitative estimate of drug-likeness (QED) is 0.885. The molecule has 4 nitrogen and oxygen atoms in total. The van der Waals surface area contributed by atoms with E-state index in [1.807, 2.05) is 17.5 Å². The monoisotopic (exact) mass is 290 g/mol. The van der Waals surface area contributed by atoms with Gasteiger partial charge in [0.15, 0.2) is 0 Å². The maximum absolute atomic E-state index is 10.2. The van der Waals surface area contributed by atoms with Crippen molar-refractivity contribution >= 4 is 11.3 Å². The number of rotatable bonds is 5. The molecule has 106 valence electrons. The first-order valence-electron chi connectivity index (χ1n) is 6.69. The molecule has 0 bridgehead atoms. The predicted molar refractivity (Wildman–Crippen MR) is 78.6 cm³/mol. The van der Waals surface area contributed by atoms with Gasteiger partial charge < -0.3 is 15.2 Å². The van der Waals surface area contributed by atoms with Gasteiger partial charge in [-0.1, -0.05) is 24.3 Å². The topological polar surface area (TPSA) is 54.4 Å². The van der Waals surface area contributed by atoms with Crippen molar-refractivity contribution in [2.75, 3.05) is 7.11 Å². The van der Waals surface area contributed by atoms with E-state index in [4.69, 9.17) is 4.74 Å². The van der Waals surface area contributed by atoms with Crippen LogP contribution in [0, 0.1) is 0 Å². The van der Waals surface area contributed by atoms with Crippen molar-refractivity contribution < 1.29 is 9.84 Å². The first-order chi connectivity index (χ1) is 9.78. The van der Waals surface area contributed by atoms with E-state index in [-0.39, 0.29) is 12.1 Å². The molecule has 3 rings (SSSR count). The number of fused-ring (bicyclic) bond motifs is 1. The van der Waals surface area contributed by atoms with Gasteiger partial charge in [0.2, 0.25) is 0 Å². The van der Waals surface area contributed by atoms with Crippen molar-refractivity contribution in [1.82, 2.24) is 10.3 Å². The molecule has 0 unspecified atom stereocenters. The minimum atomic E-state index is -0.357. The third-order valence-electron chi connectivity index (χ3n) is 3.57. The summed E-state index contributed by atoms with van der Waals surface area (Å²) in [7, 11) is 1.67. The fraction of sp³-hybridized carbons (Fsp3) is 0.400. The first kappa shape index (κ1) is 13.7. The Morgan fingerprint density at radius 3 is 3.15 bits per heavy atom. The van der Waals surface area contributed by atoms with Crippen LogP contribution < -0.4 is 5.32 Å². The van der Waals surface area contributed by atoms with Gasteiger partial charge in [0.05, 0.1) is 24.4 Å². The van der Waals surface area contributed by atoms with E-state index in [0.717, 1.165) is 17.1 Å². The van der Waals surface area contributed by atoms with Crippen molar-refractivity contribution in [3.63, 3.8) is 0 Å². The van der Waals surface area contributed by atoms with E-state index < -0.39 is 0 Å². The highest BCUT2D eigenvalue weighted by Crippen LogP contribution is 2.31. The van der Waals surface area contributed by atoms with Crippen LogP contribution in [-0.2, 0) is 24.3 Å². The van der Waals surface area contributed by atoms with Crippen LogP contribution in [-0.4, -0.2) is 23.3 Å². The van der Waals surface area contributed by atoms with Gasteiger partial charge in [-0.25, -0.2) is 4.98 Å². The number of nitrogens with zero attached hydrogens (tertiary/aromatic N) is 1. The van der Waals surface area contributed by atoms with Crippen LogP contribution in [0.25, 0.3) is 0 Å². The zero-order valence-electron chi connectivity index (χ0n) is 11.4. The van der Waals surface area contributed by atoms with Crippen LogP contribution in [0.1, 0.15) is 27.9 Å². The van der Waals surface area contributed by atoms with Crippen molar-refractivity contribution in [3.8, 4) is 0 Å². The molecule has 1 aromatic carbocycles. The average molecular weight is 290 g/mol. The van der Waals surface area contributed by atoms with Crippen LogP contribution in [0.4, 0.5) is 0 Å². The van der Waals surface area contributed by atoms with Gasteiger partial charge in [0.1, 0.15) is 5.01 Å². The molecular formula is C15H18N2O2S. The van der Waals surface area contributed by atoms with Crippen molar-refractivity contribution in [1.29, 1.82) is 0 Å². The predicted octanol–water partition coefficient (Wildman–Crippen LogP) is 2.04. The van der Waals surface area contributed by atoms with Crippen molar-refractivity contribution in [2.45, 2.75) is 31.7 Å². The molecule has 0 saturated heterocycles. The number of methoxy groups -OCH3 is 1. The van der Waals surface area contributed by atoms with Gasteiger partial charge in [-0.15, -0.1) is 11.3 Å². The Kier molecular flexibility index (Phi) is 4.12. The highest BCUT2D eigenvalue weighted by atomic mass is 32.1. The molecular weight excluding hydrogens is 272 g/mol. The Labute approximate surface area is 122 Å². The summed E-state index contributed by atoms with van der Waals surface area (Å²) >= 11 is 1.60. The second-order valence-electron chi connectivity index (χ2n) is 4.99. The Morgan fingerprint density at radius 2 is 2.30 bits per heavy atom. The third-order valence-corrected chi connectivity index (χ3v) is 4.45. The molecule has 2 N–H and O–H groups in total. The second-order valence-corrected chi connectivity index (χ2v) is 5.94. The lowest BCUT2D eigenvalue weighted by molar-refractivity contribution is 0.140. The Morgan fingerprint density at radius 1 is 1.45 bits per heavy atom. The van der Waals surface area contributed by atoms with Gasteiger partial charge in [-0.05, 0) is 11.1 Å². The number of hydrogen-bond donors (Lipinski definition) is 2. The van der Waals surface area contributed by atoms with Gasteiger partial charge in [0, 0.05) is 25.5 Å². The molecule has 0 amide bonds. The summed E-state index contributed by atoms with van der Waals surface area (Å²) in [5.41, 5.74) is 3.43. The highest BCUT2D eigenvalue weighted by molar-refractivity contribution is 7.09. The normalized spacial score (nSPS) is 21.1. The van der Waals surface area contributed by atoms with Crippen LogP contribution >= 0.6 is 11.3 Å². The number of ether oxygens (including phenoxy) is 1. The van der Waals surface area contributed by atoms with Crippen LogP contribution in [0.2, 0.25) is 0 Å². The van der Waals surface area contributed by atoms with Gasteiger partial charge in [-0.2, -0.15) is 0 Å². The number of hydrogen-bond acceptors (Lipinski definition) is 5. The van der Waals surface area contributed by atoms with E-state index in [9.17, 15) is 5.11 Å². The molecule has 0 radical (unpaired) electrons. The number of benzene rings is 1. The lowest BCUT2D eigenvalue weighted by Gasteiger charge is -2.17.